The number of aliphatic hydroxyl groups excluding tert-OH is 1. The van der Waals surface area contributed by atoms with Gasteiger partial charge in [0.15, 0.2) is 0 Å². The number of aliphatic hydroxyl groups is 1. The molecule has 2 rings (SSSR count). The molecular formula is C14H9Br2F3O. The molecule has 1 nitrogen and oxygen atoms in total. The summed E-state index contributed by atoms with van der Waals surface area (Å²) >= 11 is 5.97. The molecule has 20 heavy (non-hydrogen) atoms. The highest BCUT2D eigenvalue weighted by atomic mass is 79.9. The molecule has 0 saturated carbocycles. The number of hydrogen-bond donors (Lipinski definition) is 1. The lowest BCUT2D eigenvalue weighted by atomic mass is 10.0. The highest BCUT2D eigenvalue weighted by Crippen LogP contribution is 2.28. The van der Waals surface area contributed by atoms with Gasteiger partial charge in [-0.2, -0.15) is 0 Å². The Balaban J connectivity index is 2.30. The smallest absolute Gasteiger partial charge is 0.143 e. The van der Waals surface area contributed by atoms with Crippen LogP contribution in [0.25, 0.3) is 0 Å². The van der Waals surface area contributed by atoms with Crippen LogP contribution in [0.1, 0.15) is 17.2 Å². The Morgan fingerprint density at radius 2 is 1.60 bits per heavy atom. The molecule has 0 heterocycles. The fourth-order valence-corrected chi connectivity index (χ4v) is 2.56. The molecule has 0 spiro atoms. The summed E-state index contributed by atoms with van der Waals surface area (Å²) in [4.78, 5) is 0. The van der Waals surface area contributed by atoms with Gasteiger partial charge in [0, 0.05) is 12.0 Å². The van der Waals surface area contributed by atoms with Crippen molar-refractivity contribution in [2.75, 3.05) is 0 Å². The first kappa shape index (κ1) is 15.5. The fourth-order valence-electron chi connectivity index (χ4n) is 1.79. The van der Waals surface area contributed by atoms with E-state index in [1.807, 2.05) is 0 Å². The second-order valence-electron chi connectivity index (χ2n) is 4.22. The average molecular weight is 410 g/mol. The summed E-state index contributed by atoms with van der Waals surface area (Å²) in [6.45, 7) is 0. The van der Waals surface area contributed by atoms with Crippen LogP contribution in [0, 0.1) is 17.5 Å². The van der Waals surface area contributed by atoms with Gasteiger partial charge in [0.25, 0.3) is 0 Å². The Bertz CT molecular complexity index is 647. The van der Waals surface area contributed by atoms with Crippen LogP contribution in [-0.2, 0) is 6.42 Å². The van der Waals surface area contributed by atoms with Crippen LogP contribution < -0.4 is 0 Å². The molecule has 0 aliphatic heterocycles. The first-order valence-electron chi connectivity index (χ1n) is 5.65. The number of benzene rings is 2. The van der Waals surface area contributed by atoms with Crippen LogP contribution in [0.2, 0.25) is 0 Å². The van der Waals surface area contributed by atoms with Crippen LogP contribution in [0.4, 0.5) is 13.2 Å². The third-order valence-corrected chi connectivity index (χ3v) is 4.08. The van der Waals surface area contributed by atoms with Gasteiger partial charge < -0.3 is 5.11 Å². The monoisotopic (exact) mass is 408 g/mol. The summed E-state index contributed by atoms with van der Waals surface area (Å²) in [6, 6.07) is 6.31. The Morgan fingerprint density at radius 3 is 2.25 bits per heavy atom. The average Bonchev–Trinajstić information content (AvgIpc) is 2.42. The van der Waals surface area contributed by atoms with Crippen molar-refractivity contribution in [3.05, 3.63) is 67.9 Å². The van der Waals surface area contributed by atoms with Crippen molar-refractivity contribution in [2.24, 2.45) is 0 Å². The van der Waals surface area contributed by atoms with E-state index < -0.39 is 23.6 Å². The predicted octanol–water partition coefficient (Wildman–Crippen LogP) is 4.91. The summed E-state index contributed by atoms with van der Waals surface area (Å²) in [6.07, 6.45) is -1.37. The second-order valence-corrected chi connectivity index (χ2v) is 5.92. The molecule has 1 N–H and O–H groups in total. The highest BCUT2D eigenvalue weighted by molar-refractivity contribution is 9.10. The van der Waals surface area contributed by atoms with Crippen molar-refractivity contribution >= 4 is 31.9 Å². The molecule has 0 radical (unpaired) electrons. The van der Waals surface area contributed by atoms with Gasteiger partial charge in [0.2, 0.25) is 0 Å². The van der Waals surface area contributed by atoms with E-state index in [2.05, 4.69) is 31.9 Å². The van der Waals surface area contributed by atoms with Crippen LogP contribution in [0.15, 0.2) is 39.3 Å². The summed E-state index contributed by atoms with van der Waals surface area (Å²) in [5.74, 6) is -1.95. The Labute approximate surface area is 130 Å². The molecule has 0 aromatic heterocycles. The van der Waals surface area contributed by atoms with Gasteiger partial charge in [-0.1, -0.05) is 6.07 Å². The topological polar surface area (TPSA) is 20.2 Å². The quantitative estimate of drug-likeness (QED) is 0.714. The first-order valence-corrected chi connectivity index (χ1v) is 7.24. The summed E-state index contributed by atoms with van der Waals surface area (Å²) in [5.41, 5.74) is 0.157. The normalized spacial score (nSPS) is 12.5. The summed E-state index contributed by atoms with van der Waals surface area (Å²) in [7, 11) is 0. The van der Waals surface area contributed by atoms with E-state index in [0.29, 0.717) is 5.56 Å². The number of halogens is 5. The lowest BCUT2D eigenvalue weighted by molar-refractivity contribution is 0.175. The van der Waals surface area contributed by atoms with Crippen molar-refractivity contribution in [1.29, 1.82) is 0 Å². The van der Waals surface area contributed by atoms with Gasteiger partial charge in [-0.25, -0.2) is 13.2 Å². The summed E-state index contributed by atoms with van der Waals surface area (Å²) < 4.78 is 40.8. The maximum absolute atomic E-state index is 13.8. The largest absolute Gasteiger partial charge is 0.388 e. The SMILES string of the molecule is OC(Cc1c(F)ccc(Br)c1F)c1ccc(F)c(Br)c1. The minimum Gasteiger partial charge on any atom is -0.388 e. The van der Waals surface area contributed by atoms with Crippen molar-refractivity contribution in [1.82, 2.24) is 0 Å². The molecule has 6 heteroatoms. The van der Waals surface area contributed by atoms with E-state index in [4.69, 9.17) is 0 Å². The zero-order valence-electron chi connectivity index (χ0n) is 10.0. The van der Waals surface area contributed by atoms with E-state index in [0.717, 1.165) is 6.07 Å². The molecular weight excluding hydrogens is 401 g/mol. The molecule has 1 unspecified atom stereocenters. The zero-order valence-corrected chi connectivity index (χ0v) is 13.2. The van der Waals surface area contributed by atoms with Crippen molar-refractivity contribution in [2.45, 2.75) is 12.5 Å². The standard InChI is InChI=1S/C14H9Br2F3O/c15-9-2-4-11(17)8(14(9)19)6-13(20)7-1-3-12(18)10(16)5-7/h1-5,13,20H,6H2. The third kappa shape index (κ3) is 3.24. The zero-order chi connectivity index (χ0) is 14.9. The van der Waals surface area contributed by atoms with E-state index >= 15 is 0 Å². The minimum absolute atomic E-state index is 0.126. The van der Waals surface area contributed by atoms with E-state index in [-0.39, 0.29) is 20.9 Å². The maximum Gasteiger partial charge on any atom is 0.143 e. The molecule has 0 amide bonds. The molecule has 0 aliphatic rings. The van der Waals surface area contributed by atoms with Crippen molar-refractivity contribution < 1.29 is 18.3 Å². The lowest BCUT2D eigenvalue weighted by Gasteiger charge is -2.13. The van der Waals surface area contributed by atoms with Crippen molar-refractivity contribution in [3.63, 3.8) is 0 Å². The minimum atomic E-state index is -1.13. The lowest BCUT2D eigenvalue weighted by Crippen LogP contribution is -2.06. The van der Waals surface area contributed by atoms with Crippen LogP contribution in [0.5, 0.6) is 0 Å². The molecule has 0 saturated heterocycles. The Hall–Kier alpha value is -0.850. The van der Waals surface area contributed by atoms with Crippen molar-refractivity contribution in [3.8, 4) is 0 Å². The van der Waals surface area contributed by atoms with Crippen LogP contribution in [-0.4, -0.2) is 5.11 Å². The van der Waals surface area contributed by atoms with Gasteiger partial charge in [0.05, 0.1) is 15.0 Å². The van der Waals surface area contributed by atoms with Crippen LogP contribution in [0.3, 0.4) is 0 Å². The van der Waals surface area contributed by atoms with Gasteiger partial charge >= 0.3 is 0 Å². The molecule has 2 aromatic carbocycles. The van der Waals surface area contributed by atoms with Crippen LogP contribution >= 0.6 is 31.9 Å². The molecule has 1 atom stereocenters. The number of hydrogen-bond acceptors (Lipinski definition) is 1. The predicted molar refractivity (Wildman–Crippen MR) is 76.8 cm³/mol. The number of rotatable bonds is 3. The molecule has 2 aromatic rings. The van der Waals surface area contributed by atoms with Gasteiger partial charge in [0.1, 0.15) is 17.5 Å². The van der Waals surface area contributed by atoms with E-state index in [1.165, 1.54) is 24.3 Å². The van der Waals surface area contributed by atoms with Gasteiger partial charge in [-0.15, -0.1) is 0 Å². The van der Waals surface area contributed by atoms with E-state index in [9.17, 15) is 18.3 Å². The summed E-state index contributed by atoms with van der Waals surface area (Å²) in [5, 5.41) is 10.0. The highest BCUT2D eigenvalue weighted by Gasteiger charge is 2.18. The third-order valence-electron chi connectivity index (χ3n) is 2.86. The maximum atomic E-state index is 13.8. The first-order chi connectivity index (χ1) is 9.40. The molecule has 106 valence electrons. The van der Waals surface area contributed by atoms with Gasteiger partial charge in [-0.3, -0.25) is 0 Å². The Morgan fingerprint density at radius 1 is 0.950 bits per heavy atom. The molecule has 0 fully saturated rings. The fraction of sp³-hybridized carbons (Fsp3) is 0.143. The Kier molecular flexibility index (Phi) is 4.88. The van der Waals surface area contributed by atoms with E-state index in [1.54, 1.807) is 0 Å². The second kappa shape index (κ2) is 6.28. The molecule has 0 bridgehead atoms. The molecule has 0 aliphatic carbocycles. The van der Waals surface area contributed by atoms with Gasteiger partial charge in [-0.05, 0) is 61.7 Å².